The predicted molar refractivity (Wildman–Crippen MR) is 137 cm³/mol. The summed E-state index contributed by atoms with van der Waals surface area (Å²) in [6.07, 6.45) is 0. The van der Waals surface area contributed by atoms with Gasteiger partial charge < -0.3 is 15.0 Å². The third-order valence-electron chi connectivity index (χ3n) is 6.90. The molecule has 1 N–H and O–H groups in total. The molecule has 1 saturated heterocycles. The molecule has 4 rings (SSSR count). The summed E-state index contributed by atoms with van der Waals surface area (Å²) in [6.45, 7) is 7.73. The van der Waals surface area contributed by atoms with Gasteiger partial charge in [-0.25, -0.2) is 14.0 Å². The van der Waals surface area contributed by atoms with Gasteiger partial charge in [0, 0.05) is 50.5 Å². The van der Waals surface area contributed by atoms with E-state index in [9.17, 15) is 18.8 Å². The molecule has 3 amide bonds. The zero-order chi connectivity index (χ0) is 26.7. The van der Waals surface area contributed by atoms with E-state index in [-0.39, 0.29) is 24.6 Å². The number of hydrogen-bond donors (Lipinski definition) is 1. The van der Waals surface area contributed by atoms with Crippen LogP contribution in [0.15, 0.2) is 59.8 Å². The Bertz CT molecular complexity index is 1210. The van der Waals surface area contributed by atoms with Crippen LogP contribution in [0.25, 0.3) is 0 Å². The summed E-state index contributed by atoms with van der Waals surface area (Å²) < 4.78 is 19.1. The van der Waals surface area contributed by atoms with E-state index in [4.69, 9.17) is 4.74 Å². The van der Waals surface area contributed by atoms with Gasteiger partial charge in [0.05, 0.1) is 18.2 Å². The second kappa shape index (κ2) is 11.1. The molecule has 8 nitrogen and oxygen atoms in total. The average Bonchev–Trinajstić information content (AvgIpc) is 2.87. The molecule has 0 aromatic heterocycles. The first kappa shape index (κ1) is 26.3. The number of carbonyl (C=O) groups is 3. The SMILES string of the molecule is CCOC(=O)C1=C(CN2CCN(C(=O)c3cccc(F)c3)[C@@H](C)C2)N(C)C(=O)N[C@@H]1c1ccc(C)cc1. The summed E-state index contributed by atoms with van der Waals surface area (Å²) in [6, 6.07) is 12.3. The Hall–Kier alpha value is -3.72. The molecule has 0 bridgehead atoms. The molecule has 2 heterocycles. The number of halogens is 1. The number of benzene rings is 2. The number of ether oxygens (including phenoxy) is 1. The number of hydrogen-bond acceptors (Lipinski definition) is 5. The molecule has 196 valence electrons. The molecular weight excluding hydrogens is 475 g/mol. The van der Waals surface area contributed by atoms with Crippen molar-refractivity contribution in [1.82, 2.24) is 20.0 Å². The monoisotopic (exact) mass is 508 g/mol. The molecule has 0 unspecified atom stereocenters. The zero-order valence-electron chi connectivity index (χ0n) is 21.7. The number of piperazine rings is 1. The van der Waals surface area contributed by atoms with Crippen LogP contribution in [0.2, 0.25) is 0 Å². The molecule has 1 fully saturated rings. The van der Waals surface area contributed by atoms with E-state index in [1.807, 2.05) is 38.1 Å². The minimum Gasteiger partial charge on any atom is -0.463 e. The minimum atomic E-state index is -0.633. The second-order valence-electron chi connectivity index (χ2n) is 9.53. The van der Waals surface area contributed by atoms with E-state index >= 15 is 0 Å². The number of likely N-dealkylation sites (N-methyl/N-ethyl adjacent to an activating group) is 1. The third-order valence-corrected chi connectivity index (χ3v) is 6.90. The molecule has 0 spiro atoms. The van der Waals surface area contributed by atoms with E-state index in [1.165, 1.54) is 23.1 Å². The van der Waals surface area contributed by atoms with Crippen LogP contribution in [0, 0.1) is 12.7 Å². The Kier molecular flexibility index (Phi) is 7.92. The highest BCUT2D eigenvalue weighted by molar-refractivity contribution is 5.95. The van der Waals surface area contributed by atoms with Crippen LogP contribution >= 0.6 is 0 Å². The van der Waals surface area contributed by atoms with Crippen molar-refractivity contribution in [2.45, 2.75) is 32.9 Å². The van der Waals surface area contributed by atoms with Crippen molar-refractivity contribution in [2.24, 2.45) is 0 Å². The first-order valence-corrected chi connectivity index (χ1v) is 12.5. The maximum atomic E-state index is 13.7. The first-order valence-electron chi connectivity index (χ1n) is 12.5. The fraction of sp³-hybridized carbons (Fsp3) is 0.393. The molecule has 2 aromatic rings. The number of nitrogens with one attached hydrogen (secondary N) is 1. The van der Waals surface area contributed by atoms with Crippen molar-refractivity contribution in [3.8, 4) is 0 Å². The molecule has 2 aliphatic rings. The van der Waals surface area contributed by atoms with E-state index in [0.29, 0.717) is 43.0 Å². The molecule has 0 radical (unpaired) electrons. The van der Waals surface area contributed by atoms with Crippen molar-refractivity contribution < 1.29 is 23.5 Å². The highest BCUT2D eigenvalue weighted by Crippen LogP contribution is 2.32. The largest absolute Gasteiger partial charge is 0.463 e. The molecule has 2 atom stereocenters. The predicted octanol–water partition coefficient (Wildman–Crippen LogP) is 3.49. The van der Waals surface area contributed by atoms with Crippen LogP contribution in [0.1, 0.15) is 41.4 Å². The van der Waals surface area contributed by atoms with Gasteiger partial charge >= 0.3 is 12.0 Å². The summed E-state index contributed by atoms with van der Waals surface area (Å²) in [5.74, 6) is -1.13. The van der Waals surface area contributed by atoms with Crippen molar-refractivity contribution in [3.63, 3.8) is 0 Å². The lowest BCUT2D eigenvalue weighted by Crippen LogP contribution is -2.56. The quantitative estimate of drug-likeness (QED) is 0.604. The number of aryl methyl sites for hydroxylation is 1. The zero-order valence-corrected chi connectivity index (χ0v) is 21.7. The molecule has 2 aromatic carbocycles. The van der Waals surface area contributed by atoms with E-state index in [2.05, 4.69) is 10.2 Å². The van der Waals surface area contributed by atoms with E-state index in [1.54, 1.807) is 24.9 Å². The topological polar surface area (TPSA) is 82.2 Å². The number of carbonyl (C=O) groups excluding carboxylic acids is 3. The first-order chi connectivity index (χ1) is 17.7. The average molecular weight is 509 g/mol. The van der Waals surface area contributed by atoms with Gasteiger partial charge in [-0.3, -0.25) is 14.6 Å². The lowest BCUT2D eigenvalue weighted by atomic mass is 9.93. The minimum absolute atomic E-state index is 0.147. The number of rotatable bonds is 6. The number of urea groups is 1. The van der Waals surface area contributed by atoms with Crippen LogP contribution in [0.3, 0.4) is 0 Å². The molecule has 2 aliphatic heterocycles. The molecular formula is C28H33FN4O4. The van der Waals surface area contributed by atoms with Gasteiger partial charge in [0.15, 0.2) is 0 Å². The summed E-state index contributed by atoms with van der Waals surface area (Å²) in [5.41, 5.74) is 3.16. The van der Waals surface area contributed by atoms with Gasteiger partial charge in [-0.05, 0) is 44.5 Å². The van der Waals surface area contributed by atoms with Crippen LogP contribution in [0.5, 0.6) is 0 Å². The Labute approximate surface area is 216 Å². The fourth-order valence-corrected chi connectivity index (χ4v) is 4.88. The van der Waals surface area contributed by atoms with Crippen LogP contribution in [-0.4, -0.2) is 78.5 Å². The number of esters is 1. The van der Waals surface area contributed by atoms with Gasteiger partial charge in [0.1, 0.15) is 5.82 Å². The van der Waals surface area contributed by atoms with Gasteiger partial charge in [0.2, 0.25) is 0 Å². The lowest BCUT2D eigenvalue weighted by molar-refractivity contribution is -0.139. The molecule has 37 heavy (non-hydrogen) atoms. The van der Waals surface area contributed by atoms with Crippen LogP contribution < -0.4 is 5.32 Å². The Morgan fingerprint density at radius 2 is 1.86 bits per heavy atom. The maximum Gasteiger partial charge on any atom is 0.338 e. The van der Waals surface area contributed by atoms with Gasteiger partial charge in [-0.15, -0.1) is 0 Å². The van der Waals surface area contributed by atoms with Crippen LogP contribution in [-0.2, 0) is 9.53 Å². The number of amides is 3. The highest BCUT2D eigenvalue weighted by Gasteiger charge is 2.38. The summed E-state index contributed by atoms with van der Waals surface area (Å²) in [4.78, 5) is 44.4. The highest BCUT2D eigenvalue weighted by atomic mass is 19.1. The molecule has 0 saturated carbocycles. The lowest BCUT2D eigenvalue weighted by Gasteiger charge is -2.42. The van der Waals surface area contributed by atoms with Crippen molar-refractivity contribution in [2.75, 3.05) is 39.8 Å². The maximum absolute atomic E-state index is 13.7. The third kappa shape index (κ3) is 5.67. The summed E-state index contributed by atoms with van der Waals surface area (Å²) >= 11 is 0. The molecule has 9 heteroatoms. The Balaban J connectivity index is 1.59. The standard InChI is InChI=1S/C28H33FN4O4/c1-5-37-27(35)24-23(31(4)28(36)30-25(24)20-11-9-18(2)10-12-20)17-32-13-14-33(19(3)16-32)26(34)21-7-6-8-22(29)15-21/h6-12,15,19,25H,5,13-14,16-17H2,1-4H3,(H,30,36)/t19-,25+/m0/s1. The number of nitrogens with zero attached hydrogens (tertiary/aromatic N) is 3. The summed E-state index contributed by atoms with van der Waals surface area (Å²) in [5, 5.41) is 2.94. The van der Waals surface area contributed by atoms with Crippen LogP contribution in [0.4, 0.5) is 9.18 Å². The van der Waals surface area contributed by atoms with Crippen molar-refractivity contribution >= 4 is 17.9 Å². The second-order valence-corrected chi connectivity index (χ2v) is 9.53. The van der Waals surface area contributed by atoms with Gasteiger partial charge in [-0.2, -0.15) is 0 Å². The summed E-state index contributed by atoms with van der Waals surface area (Å²) in [7, 11) is 1.64. The Morgan fingerprint density at radius 3 is 2.51 bits per heavy atom. The van der Waals surface area contributed by atoms with Gasteiger partial charge in [0.25, 0.3) is 5.91 Å². The molecule has 0 aliphatic carbocycles. The smallest absolute Gasteiger partial charge is 0.338 e. The van der Waals surface area contributed by atoms with Crippen molar-refractivity contribution in [1.29, 1.82) is 0 Å². The Morgan fingerprint density at radius 1 is 1.14 bits per heavy atom. The van der Waals surface area contributed by atoms with E-state index in [0.717, 1.165) is 11.1 Å². The van der Waals surface area contributed by atoms with Gasteiger partial charge in [-0.1, -0.05) is 35.9 Å². The normalized spacial score (nSPS) is 20.6. The van der Waals surface area contributed by atoms with E-state index < -0.39 is 17.8 Å². The fourth-order valence-electron chi connectivity index (χ4n) is 4.88. The van der Waals surface area contributed by atoms with Crippen molar-refractivity contribution in [3.05, 3.63) is 82.3 Å².